The molecular weight excluding hydrogens is 380 g/mol. The van der Waals surface area contributed by atoms with Crippen LogP contribution in [-0.4, -0.2) is 38.8 Å². The van der Waals surface area contributed by atoms with Crippen LogP contribution in [-0.2, 0) is 10.5 Å². The molecule has 1 fully saturated rings. The standard InChI is InChI=1S/C23H28N4OS/c1-17-14-25-23(29-16-20-11-5-6-12-24-20)26-21(17)19-10-7-13-27(15-19)22(28)18-8-3-2-4-9-18/h2-3,5-6,11-12,14,18-19H,4,7-10,13,15-16H2,1H3/t18-,19+/m1/s1. The zero-order chi connectivity index (χ0) is 20.1. The number of hydrogen-bond acceptors (Lipinski definition) is 5. The summed E-state index contributed by atoms with van der Waals surface area (Å²) < 4.78 is 0. The number of rotatable bonds is 5. The smallest absolute Gasteiger partial charge is 0.226 e. The molecule has 4 rings (SSSR count). The van der Waals surface area contributed by atoms with Gasteiger partial charge in [0.05, 0.1) is 11.4 Å². The van der Waals surface area contributed by atoms with E-state index in [-0.39, 0.29) is 5.92 Å². The van der Waals surface area contributed by atoms with Crippen molar-refractivity contribution in [3.63, 3.8) is 0 Å². The van der Waals surface area contributed by atoms with E-state index in [1.165, 1.54) is 0 Å². The van der Waals surface area contributed by atoms with Crippen molar-refractivity contribution in [3.8, 4) is 0 Å². The Morgan fingerprint density at radius 2 is 2.17 bits per heavy atom. The number of likely N-dealkylation sites (tertiary alicyclic amines) is 1. The number of aryl methyl sites for hydroxylation is 1. The van der Waals surface area contributed by atoms with E-state index in [1.54, 1.807) is 11.8 Å². The lowest BCUT2D eigenvalue weighted by Gasteiger charge is -2.35. The second-order valence-electron chi connectivity index (χ2n) is 7.94. The molecule has 0 radical (unpaired) electrons. The minimum absolute atomic E-state index is 0.162. The first-order valence-corrected chi connectivity index (χ1v) is 11.5. The number of carbonyl (C=O) groups excluding carboxylic acids is 1. The second kappa shape index (κ2) is 9.53. The number of allylic oxidation sites excluding steroid dienone is 2. The zero-order valence-electron chi connectivity index (χ0n) is 17.0. The maximum atomic E-state index is 13.0. The summed E-state index contributed by atoms with van der Waals surface area (Å²) in [5, 5.41) is 0.789. The van der Waals surface area contributed by atoms with Crippen LogP contribution in [0.25, 0.3) is 0 Å². The largest absolute Gasteiger partial charge is 0.342 e. The van der Waals surface area contributed by atoms with Crippen LogP contribution >= 0.6 is 11.8 Å². The summed E-state index contributed by atoms with van der Waals surface area (Å²) in [6, 6.07) is 5.95. The summed E-state index contributed by atoms with van der Waals surface area (Å²) in [4.78, 5) is 28.8. The first-order chi connectivity index (χ1) is 14.2. The van der Waals surface area contributed by atoms with Gasteiger partial charge in [-0.1, -0.05) is 30.0 Å². The number of thioether (sulfide) groups is 1. The highest BCUT2D eigenvalue weighted by molar-refractivity contribution is 7.98. The Morgan fingerprint density at radius 3 is 2.97 bits per heavy atom. The summed E-state index contributed by atoms with van der Waals surface area (Å²) in [5.41, 5.74) is 3.25. The molecule has 2 aromatic rings. The number of piperidine rings is 1. The average Bonchev–Trinajstić information content (AvgIpc) is 2.79. The molecule has 2 aromatic heterocycles. The van der Waals surface area contributed by atoms with Crippen LogP contribution < -0.4 is 0 Å². The molecule has 1 aliphatic heterocycles. The maximum Gasteiger partial charge on any atom is 0.226 e. The number of carbonyl (C=O) groups is 1. The van der Waals surface area contributed by atoms with Crippen molar-refractivity contribution in [1.29, 1.82) is 0 Å². The summed E-state index contributed by atoms with van der Waals surface area (Å²) >= 11 is 1.62. The van der Waals surface area contributed by atoms with E-state index in [0.29, 0.717) is 11.8 Å². The number of amides is 1. The third kappa shape index (κ3) is 5.04. The normalized spacial score (nSPS) is 21.9. The molecule has 0 bridgehead atoms. The summed E-state index contributed by atoms with van der Waals surface area (Å²) in [5.74, 6) is 1.54. The number of hydrogen-bond donors (Lipinski definition) is 0. The molecule has 0 N–H and O–H groups in total. The first-order valence-electron chi connectivity index (χ1n) is 10.5. The van der Waals surface area contributed by atoms with Crippen molar-refractivity contribution in [2.45, 2.75) is 55.9 Å². The molecule has 2 aliphatic rings. The van der Waals surface area contributed by atoms with Gasteiger partial charge in [-0.2, -0.15) is 0 Å². The van der Waals surface area contributed by atoms with Crippen LogP contribution in [0.15, 0.2) is 47.9 Å². The zero-order valence-corrected chi connectivity index (χ0v) is 17.8. The van der Waals surface area contributed by atoms with Gasteiger partial charge in [-0.05, 0) is 56.7 Å². The Kier molecular flexibility index (Phi) is 6.60. The van der Waals surface area contributed by atoms with Crippen molar-refractivity contribution < 1.29 is 4.79 Å². The van der Waals surface area contributed by atoms with E-state index in [0.717, 1.165) is 73.1 Å². The maximum absolute atomic E-state index is 13.0. The predicted octanol–water partition coefficient (Wildman–Crippen LogP) is 4.53. The summed E-state index contributed by atoms with van der Waals surface area (Å²) in [6.45, 7) is 3.73. The molecule has 29 heavy (non-hydrogen) atoms. The fourth-order valence-electron chi connectivity index (χ4n) is 4.22. The van der Waals surface area contributed by atoms with E-state index >= 15 is 0 Å². The summed E-state index contributed by atoms with van der Waals surface area (Å²) in [6.07, 6.45) is 13.1. The van der Waals surface area contributed by atoms with Crippen LogP contribution in [0.3, 0.4) is 0 Å². The molecule has 1 saturated heterocycles. The van der Waals surface area contributed by atoms with Gasteiger partial charge < -0.3 is 4.90 Å². The van der Waals surface area contributed by atoms with Crippen molar-refractivity contribution >= 4 is 17.7 Å². The van der Waals surface area contributed by atoms with Gasteiger partial charge in [0.25, 0.3) is 0 Å². The number of pyridine rings is 1. The van der Waals surface area contributed by atoms with Crippen molar-refractivity contribution in [1.82, 2.24) is 19.9 Å². The minimum atomic E-state index is 0.162. The quantitative estimate of drug-likeness (QED) is 0.413. The van der Waals surface area contributed by atoms with Gasteiger partial charge in [0, 0.05) is 43.1 Å². The van der Waals surface area contributed by atoms with Crippen LogP contribution in [0.2, 0.25) is 0 Å². The Labute approximate surface area is 177 Å². The lowest BCUT2D eigenvalue weighted by molar-refractivity contribution is -0.137. The molecule has 1 aliphatic carbocycles. The molecule has 6 heteroatoms. The molecule has 0 unspecified atom stereocenters. The fraction of sp³-hybridized carbons (Fsp3) is 0.478. The molecule has 152 valence electrons. The number of aromatic nitrogens is 3. The average molecular weight is 409 g/mol. The molecule has 5 nitrogen and oxygen atoms in total. The Morgan fingerprint density at radius 1 is 1.24 bits per heavy atom. The van der Waals surface area contributed by atoms with Crippen molar-refractivity contribution in [2.75, 3.05) is 13.1 Å². The summed E-state index contributed by atoms with van der Waals surface area (Å²) in [7, 11) is 0. The highest BCUT2D eigenvalue weighted by Gasteiger charge is 2.30. The van der Waals surface area contributed by atoms with E-state index in [1.807, 2.05) is 30.6 Å². The van der Waals surface area contributed by atoms with E-state index in [4.69, 9.17) is 4.98 Å². The molecule has 0 spiro atoms. The van der Waals surface area contributed by atoms with Gasteiger partial charge in [0.1, 0.15) is 0 Å². The van der Waals surface area contributed by atoms with E-state index < -0.39 is 0 Å². The Hall–Kier alpha value is -2.21. The van der Waals surface area contributed by atoms with E-state index in [2.05, 4.69) is 33.9 Å². The Balaban J connectivity index is 1.44. The van der Waals surface area contributed by atoms with Crippen LogP contribution in [0.4, 0.5) is 0 Å². The fourth-order valence-corrected chi connectivity index (χ4v) is 4.96. The molecule has 0 saturated carbocycles. The monoisotopic (exact) mass is 408 g/mol. The topological polar surface area (TPSA) is 59.0 Å². The minimum Gasteiger partial charge on any atom is -0.342 e. The highest BCUT2D eigenvalue weighted by Crippen LogP contribution is 2.31. The lowest BCUT2D eigenvalue weighted by atomic mass is 9.89. The number of nitrogens with zero attached hydrogens (tertiary/aromatic N) is 4. The van der Waals surface area contributed by atoms with Gasteiger partial charge in [-0.3, -0.25) is 9.78 Å². The van der Waals surface area contributed by atoms with Gasteiger partial charge in [-0.25, -0.2) is 9.97 Å². The van der Waals surface area contributed by atoms with Crippen LogP contribution in [0.5, 0.6) is 0 Å². The molecule has 2 atom stereocenters. The van der Waals surface area contributed by atoms with Gasteiger partial charge in [-0.15, -0.1) is 0 Å². The third-order valence-electron chi connectivity index (χ3n) is 5.80. The Bertz CT molecular complexity index is 870. The second-order valence-corrected chi connectivity index (χ2v) is 8.88. The molecule has 0 aromatic carbocycles. The lowest BCUT2D eigenvalue weighted by Crippen LogP contribution is -2.42. The van der Waals surface area contributed by atoms with Gasteiger partial charge in [0.15, 0.2) is 5.16 Å². The van der Waals surface area contributed by atoms with E-state index in [9.17, 15) is 4.79 Å². The van der Waals surface area contributed by atoms with Crippen molar-refractivity contribution in [3.05, 3.63) is 59.7 Å². The van der Waals surface area contributed by atoms with Gasteiger partial charge in [0.2, 0.25) is 5.91 Å². The highest BCUT2D eigenvalue weighted by atomic mass is 32.2. The van der Waals surface area contributed by atoms with Crippen LogP contribution in [0, 0.1) is 12.8 Å². The molecular formula is C23H28N4OS. The SMILES string of the molecule is Cc1cnc(SCc2ccccn2)nc1[C@H]1CCCN(C(=O)[C@@H]2CC=CCC2)C1. The van der Waals surface area contributed by atoms with Crippen LogP contribution in [0.1, 0.15) is 55.0 Å². The first kappa shape index (κ1) is 20.1. The third-order valence-corrected chi connectivity index (χ3v) is 6.70. The molecule has 3 heterocycles. The van der Waals surface area contributed by atoms with Crippen molar-refractivity contribution in [2.24, 2.45) is 5.92 Å². The predicted molar refractivity (Wildman–Crippen MR) is 116 cm³/mol. The molecule has 1 amide bonds. The van der Waals surface area contributed by atoms with Gasteiger partial charge >= 0.3 is 0 Å².